The van der Waals surface area contributed by atoms with Crippen molar-refractivity contribution in [3.63, 3.8) is 0 Å². The SMILES string of the molecule is Cl.O=C(COCCOc1ccccc1)NC1CC2CCC(C1)N2. The summed E-state index contributed by atoms with van der Waals surface area (Å²) in [4.78, 5) is 11.9. The Kier molecular flexibility index (Phi) is 7.15. The molecule has 23 heavy (non-hydrogen) atoms. The van der Waals surface area contributed by atoms with Gasteiger partial charge in [-0.05, 0) is 37.8 Å². The standard InChI is InChI=1S/C17H24N2O3.ClH/c20-17(19-15-10-13-6-7-14(11-15)18-13)12-21-8-9-22-16-4-2-1-3-5-16;/h1-5,13-15,18H,6-12H2,(H,19,20);1H. The van der Waals surface area contributed by atoms with E-state index in [1.807, 2.05) is 30.3 Å². The number of halogens is 1. The number of nitrogens with one attached hydrogen (secondary N) is 2. The van der Waals surface area contributed by atoms with E-state index in [2.05, 4.69) is 10.6 Å². The molecule has 2 heterocycles. The summed E-state index contributed by atoms with van der Waals surface area (Å²) in [7, 11) is 0. The summed E-state index contributed by atoms with van der Waals surface area (Å²) < 4.78 is 10.9. The molecule has 1 aromatic rings. The van der Waals surface area contributed by atoms with Crippen molar-refractivity contribution in [3.8, 4) is 5.75 Å². The minimum atomic E-state index is -0.0222. The molecule has 128 valence electrons. The zero-order valence-corrected chi connectivity index (χ0v) is 14.0. The van der Waals surface area contributed by atoms with Crippen molar-refractivity contribution < 1.29 is 14.3 Å². The van der Waals surface area contributed by atoms with E-state index < -0.39 is 0 Å². The smallest absolute Gasteiger partial charge is 0.246 e. The van der Waals surface area contributed by atoms with Gasteiger partial charge in [0.2, 0.25) is 5.91 Å². The number of fused-ring (bicyclic) bond motifs is 2. The van der Waals surface area contributed by atoms with Gasteiger partial charge in [0.25, 0.3) is 0 Å². The Morgan fingerprint density at radius 3 is 2.52 bits per heavy atom. The number of amides is 1. The topological polar surface area (TPSA) is 59.6 Å². The fourth-order valence-electron chi connectivity index (χ4n) is 3.34. The van der Waals surface area contributed by atoms with Crippen LogP contribution < -0.4 is 15.4 Å². The Morgan fingerprint density at radius 1 is 1.13 bits per heavy atom. The number of hydrogen-bond acceptors (Lipinski definition) is 4. The zero-order chi connectivity index (χ0) is 15.2. The van der Waals surface area contributed by atoms with Gasteiger partial charge in [0.1, 0.15) is 19.0 Å². The molecule has 2 aliphatic heterocycles. The number of carbonyl (C=O) groups is 1. The van der Waals surface area contributed by atoms with Crippen molar-refractivity contribution in [1.29, 1.82) is 0 Å². The third-order valence-electron chi connectivity index (χ3n) is 4.31. The van der Waals surface area contributed by atoms with Gasteiger partial charge in [-0.25, -0.2) is 0 Å². The van der Waals surface area contributed by atoms with Crippen molar-refractivity contribution in [2.45, 2.75) is 43.8 Å². The summed E-state index contributed by atoms with van der Waals surface area (Å²) >= 11 is 0. The minimum absolute atomic E-state index is 0. The largest absolute Gasteiger partial charge is 0.491 e. The minimum Gasteiger partial charge on any atom is -0.491 e. The Labute approximate surface area is 143 Å². The highest BCUT2D eigenvalue weighted by atomic mass is 35.5. The second-order valence-corrected chi connectivity index (χ2v) is 6.09. The number of hydrogen-bond donors (Lipinski definition) is 2. The second kappa shape index (κ2) is 9.11. The summed E-state index contributed by atoms with van der Waals surface area (Å²) in [6.07, 6.45) is 4.56. The lowest BCUT2D eigenvalue weighted by molar-refractivity contribution is -0.126. The lowest BCUT2D eigenvalue weighted by Crippen LogP contribution is -2.48. The van der Waals surface area contributed by atoms with Gasteiger partial charge in [0.15, 0.2) is 0 Å². The highest BCUT2D eigenvalue weighted by Crippen LogP contribution is 2.26. The number of benzene rings is 1. The Hall–Kier alpha value is -1.30. The molecule has 1 aromatic carbocycles. The predicted octanol–water partition coefficient (Wildman–Crippen LogP) is 1.90. The summed E-state index contributed by atoms with van der Waals surface area (Å²) in [5, 5.41) is 6.65. The van der Waals surface area contributed by atoms with E-state index in [0.717, 1.165) is 18.6 Å². The summed E-state index contributed by atoms with van der Waals surface area (Å²) in [5.74, 6) is 0.798. The average molecular weight is 341 g/mol. The van der Waals surface area contributed by atoms with E-state index in [1.54, 1.807) is 0 Å². The molecular formula is C17H25ClN2O3. The van der Waals surface area contributed by atoms with Crippen LogP contribution in [0, 0.1) is 0 Å². The fraction of sp³-hybridized carbons (Fsp3) is 0.588. The van der Waals surface area contributed by atoms with Crippen molar-refractivity contribution in [3.05, 3.63) is 30.3 Å². The molecule has 0 spiro atoms. The van der Waals surface area contributed by atoms with Crippen LogP contribution >= 0.6 is 12.4 Å². The highest BCUT2D eigenvalue weighted by molar-refractivity contribution is 5.85. The molecule has 2 bridgehead atoms. The molecular weight excluding hydrogens is 316 g/mol. The highest BCUT2D eigenvalue weighted by Gasteiger charge is 2.33. The Balaban J connectivity index is 0.00000192. The second-order valence-electron chi connectivity index (χ2n) is 6.09. The van der Waals surface area contributed by atoms with Crippen molar-refractivity contribution in [1.82, 2.24) is 10.6 Å². The average Bonchev–Trinajstić information content (AvgIpc) is 2.87. The third kappa shape index (κ3) is 5.68. The van der Waals surface area contributed by atoms with Crippen LogP contribution in [0.3, 0.4) is 0 Å². The van der Waals surface area contributed by atoms with Crippen LogP contribution in [0.5, 0.6) is 5.75 Å². The van der Waals surface area contributed by atoms with Gasteiger partial charge < -0.3 is 20.1 Å². The number of para-hydroxylation sites is 1. The van der Waals surface area contributed by atoms with Crippen LogP contribution in [0.4, 0.5) is 0 Å². The molecule has 2 atom stereocenters. The molecule has 5 nitrogen and oxygen atoms in total. The summed E-state index contributed by atoms with van der Waals surface area (Å²) in [6.45, 7) is 0.978. The first kappa shape index (κ1) is 18.0. The molecule has 6 heteroatoms. The molecule has 2 saturated heterocycles. The summed E-state index contributed by atoms with van der Waals surface area (Å²) in [6, 6.07) is 11.1. The van der Waals surface area contributed by atoms with Gasteiger partial charge in [0, 0.05) is 18.1 Å². The van der Waals surface area contributed by atoms with Crippen LogP contribution in [0.2, 0.25) is 0 Å². The predicted molar refractivity (Wildman–Crippen MR) is 91.1 cm³/mol. The molecule has 0 aliphatic carbocycles. The lowest BCUT2D eigenvalue weighted by atomic mass is 10.00. The van der Waals surface area contributed by atoms with Crippen LogP contribution in [0.25, 0.3) is 0 Å². The molecule has 2 aliphatic rings. The third-order valence-corrected chi connectivity index (χ3v) is 4.31. The number of ether oxygens (including phenoxy) is 2. The van der Waals surface area contributed by atoms with Gasteiger partial charge in [0.05, 0.1) is 6.61 Å². The van der Waals surface area contributed by atoms with E-state index in [-0.39, 0.29) is 24.9 Å². The van der Waals surface area contributed by atoms with Crippen molar-refractivity contribution in [2.24, 2.45) is 0 Å². The van der Waals surface area contributed by atoms with Gasteiger partial charge in [-0.2, -0.15) is 0 Å². The van der Waals surface area contributed by atoms with E-state index in [1.165, 1.54) is 12.8 Å². The first-order chi connectivity index (χ1) is 10.8. The number of piperidine rings is 1. The summed E-state index contributed by atoms with van der Waals surface area (Å²) in [5.41, 5.74) is 0. The molecule has 0 saturated carbocycles. The molecule has 0 radical (unpaired) electrons. The van der Waals surface area contributed by atoms with Crippen LogP contribution in [0.15, 0.2) is 30.3 Å². The van der Waals surface area contributed by atoms with E-state index >= 15 is 0 Å². The quantitative estimate of drug-likeness (QED) is 0.744. The lowest BCUT2D eigenvalue weighted by Gasteiger charge is -2.29. The number of carbonyl (C=O) groups excluding carboxylic acids is 1. The van der Waals surface area contributed by atoms with Crippen LogP contribution in [0.1, 0.15) is 25.7 Å². The first-order valence-corrected chi connectivity index (χ1v) is 8.10. The van der Waals surface area contributed by atoms with Gasteiger partial charge in [-0.15, -0.1) is 12.4 Å². The molecule has 0 aromatic heterocycles. The monoisotopic (exact) mass is 340 g/mol. The maximum atomic E-state index is 11.9. The van der Waals surface area contributed by atoms with Crippen LogP contribution in [-0.2, 0) is 9.53 Å². The van der Waals surface area contributed by atoms with Gasteiger partial charge in [-0.1, -0.05) is 18.2 Å². The maximum Gasteiger partial charge on any atom is 0.246 e. The van der Waals surface area contributed by atoms with Gasteiger partial charge in [-0.3, -0.25) is 4.79 Å². The molecule has 2 N–H and O–H groups in total. The normalized spacial score (nSPS) is 25.5. The molecule has 2 unspecified atom stereocenters. The van der Waals surface area contributed by atoms with E-state index in [0.29, 0.717) is 31.3 Å². The molecule has 3 rings (SSSR count). The Morgan fingerprint density at radius 2 is 1.83 bits per heavy atom. The van der Waals surface area contributed by atoms with Crippen molar-refractivity contribution in [2.75, 3.05) is 19.8 Å². The van der Waals surface area contributed by atoms with Crippen molar-refractivity contribution >= 4 is 18.3 Å². The Bertz CT molecular complexity index is 474. The first-order valence-electron chi connectivity index (χ1n) is 8.10. The van der Waals surface area contributed by atoms with E-state index in [9.17, 15) is 4.79 Å². The van der Waals surface area contributed by atoms with Gasteiger partial charge >= 0.3 is 0 Å². The maximum absolute atomic E-state index is 11.9. The number of rotatable bonds is 7. The van der Waals surface area contributed by atoms with Crippen LogP contribution in [-0.4, -0.2) is 43.9 Å². The van der Waals surface area contributed by atoms with E-state index in [4.69, 9.17) is 9.47 Å². The zero-order valence-electron chi connectivity index (χ0n) is 13.2. The molecule has 2 fully saturated rings. The molecule has 1 amide bonds. The fourth-order valence-corrected chi connectivity index (χ4v) is 3.34.